The Kier molecular flexibility index (Phi) is 5.15. The van der Waals surface area contributed by atoms with Gasteiger partial charge in [-0.15, -0.1) is 0 Å². The number of fused-ring (bicyclic) bond motifs is 1. The first-order valence-electron chi connectivity index (χ1n) is 9.45. The maximum absolute atomic E-state index is 12.5. The summed E-state index contributed by atoms with van der Waals surface area (Å²) in [5, 5.41) is 17.5. The van der Waals surface area contributed by atoms with Gasteiger partial charge in [-0.1, -0.05) is 18.2 Å². The van der Waals surface area contributed by atoms with Crippen LogP contribution in [0, 0.1) is 16.0 Å². The lowest BCUT2D eigenvalue weighted by molar-refractivity contribution is -0.383. The summed E-state index contributed by atoms with van der Waals surface area (Å²) >= 11 is 0. The lowest BCUT2D eigenvalue weighted by Gasteiger charge is -2.13. The smallest absolute Gasteiger partial charge is 0.320 e. The second kappa shape index (κ2) is 7.91. The SMILES string of the molecule is O=C(Nc1cc(Cn2c(=O)[nH]c(=O)c3ccccc32)ccc1[N+](=O)[O-])[C@H]1CCNC1. The summed E-state index contributed by atoms with van der Waals surface area (Å²) in [5.41, 5.74) is -0.187. The minimum atomic E-state index is -0.584. The topological polar surface area (TPSA) is 139 Å². The highest BCUT2D eigenvalue weighted by molar-refractivity contribution is 5.95. The summed E-state index contributed by atoms with van der Waals surface area (Å²) in [4.78, 5) is 50.0. The second-order valence-corrected chi connectivity index (χ2v) is 7.15. The Hall–Kier alpha value is -3.79. The molecule has 2 heterocycles. The van der Waals surface area contributed by atoms with Crippen LogP contribution < -0.4 is 21.9 Å². The molecule has 0 bridgehead atoms. The fraction of sp³-hybridized carbons (Fsp3) is 0.250. The minimum Gasteiger partial charge on any atom is -0.320 e. The van der Waals surface area contributed by atoms with Gasteiger partial charge in [-0.05, 0) is 36.7 Å². The number of hydrogen-bond acceptors (Lipinski definition) is 6. The molecule has 1 aromatic heterocycles. The molecule has 3 aromatic rings. The predicted octanol–water partition coefficient (Wildman–Crippen LogP) is 1.19. The number of nitro benzene ring substituents is 1. The van der Waals surface area contributed by atoms with Crippen LogP contribution in [0.3, 0.4) is 0 Å². The van der Waals surface area contributed by atoms with Gasteiger partial charge in [0.15, 0.2) is 0 Å². The van der Waals surface area contributed by atoms with E-state index < -0.39 is 16.2 Å². The van der Waals surface area contributed by atoms with Crippen LogP contribution in [-0.2, 0) is 11.3 Å². The summed E-state index contributed by atoms with van der Waals surface area (Å²) in [5.74, 6) is -0.536. The molecule has 1 fully saturated rings. The molecule has 1 aliphatic heterocycles. The fourth-order valence-corrected chi connectivity index (χ4v) is 3.64. The molecule has 3 N–H and O–H groups in total. The third kappa shape index (κ3) is 3.72. The second-order valence-electron chi connectivity index (χ2n) is 7.15. The van der Waals surface area contributed by atoms with Gasteiger partial charge in [-0.2, -0.15) is 0 Å². The lowest BCUT2D eigenvalue weighted by Crippen LogP contribution is -2.30. The Morgan fingerprint density at radius 2 is 2.03 bits per heavy atom. The summed E-state index contributed by atoms with van der Waals surface area (Å²) < 4.78 is 1.38. The summed E-state index contributed by atoms with van der Waals surface area (Å²) in [6, 6.07) is 11.0. The number of nitro groups is 1. The first-order chi connectivity index (χ1) is 14.4. The van der Waals surface area contributed by atoms with Gasteiger partial charge in [0.2, 0.25) is 5.91 Å². The molecule has 0 spiro atoms. The van der Waals surface area contributed by atoms with Crippen LogP contribution in [-0.4, -0.2) is 33.5 Å². The Morgan fingerprint density at radius 3 is 2.77 bits per heavy atom. The van der Waals surface area contributed by atoms with E-state index in [0.29, 0.717) is 29.4 Å². The number of rotatable bonds is 5. The number of para-hydroxylation sites is 1. The van der Waals surface area contributed by atoms with Crippen LogP contribution in [0.4, 0.5) is 11.4 Å². The number of aromatic nitrogens is 2. The van der Waals surface area contributed by atoms with Crippen molar-refractivity contribution in [3.63, 3.8) is 0 Å². The van der Waals surface area contributed by atoms with E-state index in [1.807, 2.05) is 0 Å². The number of aromatic amines is 1. The Labute approximate surface area is 169 Å². The molecule has 30 heavy (non-hydrogen) atoms. The maximum Gasteiger partial charge on any atom is 0.329 e. The summed E-state index contributed by atoms with van der Waals surface area (Å²) in [6.07, 6.45) is 0.665. The lowest BCUT2D eigenvalue weighted by atomic mass is 10.1. The molecule has 0 aliphatic carbocycles. The number of carbonyl (C=O) groups excluding carboxylic acids is 1. The van der Waals surface area contributed by atoms with Crippen molar-refractivity contribution in [2.24, 2.45) is 5.92 Å². The van der Waals surface area contributed by atoms with Gasteiger partial charge < -0.3 is 10.6 Å². The van der Waals surface area contributed by atoms with Crippen molar-refractivity contribution in [2.75, 3.05) is 18.4 Å². The number of benzene rings is 2. The van der Waals surface area contributed by atoms with E-state index in [0.717, 1.165) is 6.54 Å². The van der Waals surface area contributed by atoms with Crippen LogP contribution >= 0.6 is 0 Å². The molecular weight excluding hydrogens is 390 g/mol. The van der Waals surface area contributed by atoms with Crippen molar-refractivity contribution in [1.82, 2.24) is 14.9 Å². The van der Waals surface area contributed by atoms with Crippen molar-refractivity contribution in [3.8, 4) is 0 Å². The molecule has 1 aliphatic rings. The normalized spacial score (nSPS) is 15.9. The fourth-order valence-electron chi connectivity index (χ4n) is 3.64. The van der Waals surface area contributed by atoms with Crippen LogP contribution in [0.1, 0.15) is 12.0 Å². The molecule has 10 nitrogen and oxygen atoms in total. The van der Waals surface area contributed by atoms with Gasteiger partial charge in [0.1, 0.15) is 5.69 Å². The Bertz CT molecular complexity index is 1260. The zero-order valence-electron chi connectivity index (χ0n) is 15.9. The summed E-state index contributed by atoms with van der Waals surface area (Å²) in [7, 11) is 0. The van der Waals surface area contributed by atoms with Gasteiger partial charge in [-0.25, -0.2) is 4.79 Å². The van der Waals surface area contributed by atoms with E-state index in [1.165, 1.54) is 22.8 Å². The zero-order chi connectivity index (χ0) is 21.3. The van der Waals surface area contributed by atoms with Gasteiger partial charge >= 0.3 is 5.69 Å². The van der Waals surface area contributed by atoms with Crippen molar-refractivity contribution >= 4 is 28.2 Å². The summed E-state index contributed by atoms with van der Waals surface area (Å²) in [6.45, 7) is 1.32. The first-order valence-corrected chi connectivity index (χ1v) is 9.45. The highest BCUT2D eigenvalue weighted by Gasteiger charge is 2.25. The molecule has 1 amide bonds. The third-order valence-corrected chi connectivity index (χ3v) is 5.19. The van der Waals surface area contributed by atoms with E-state index in [-0.39, 0.29) is 29.7 Å². The largest absolute Gasteiger partial charge is 0.329 e. The molecule has 154 valence electrons. The number of H-pyrrole nitrogens is 1. The quantitative estimate of drug-likeness (QED) is 0.427. The van der Waals surface area contributed by atoms with Gasteiger partial charge in [0.25, 0.3) is 11.2 Å². The molecule has 1 atom stereocenters. The monoisotopic (exact) mass is 409 g/mol. The van der Waals surface area contributed by atoms with E-state index >= 15 is 0 Å². The van der Waals surface area contributed by atoms with E-state index in [1.54, 1.807) is 24.3 Å². The molecule has 2 aromatic carbocycles. The number of nitrogens with zero attached hydrogens (tertiary/aromatic N) is 2. The molecule has 10 heteroatoms. The van der Waals surface area contributed by atoms with Crippen molar-refractivity contribution < 1.29 is 9.72 Å². The highest BCUT2D eigenvalue weighted by Crippen LogP contribution is 2.27. The van der Waals surface area contributed by atoms with Gasteiger partial charge in [0, 0.05) is 12.6 Å². The van der Waals surface area contributed by atoms with Gasteiger partial charge in [-0.3, -0.25) is 29.3 Å². The van der Waals surface area contributed by atoms with Crippen LogP contribution in [0.2, 0.25) is 0 Å². The predicted molar refractivity (Wildman–Crippen MR) is 111 cm³/mol. The number of amides is 1. The third-order valence-electron chi connectivity index (χ3n) is 5.19. The number of hydrogen-bond donors (Lipinski definition) is 3. The first kappa shape index (κ1) is 19.5. The van der Waals surface area contributed by atoms with Crippen LogP contribution in [0.5, 0.6) is 0 Å². The average molecular weight is 409 g/mol. The van der Waals surface area contributed by atoms with Crippen molar-refractivity contribution in [3.05, 3.63) is 79.0 Å². The van der Waals surface area contributed by atoms with E-state index in [9.17, 15) is 24.5 Å². The Balaban J connectivity index is 1.71. The number of nitrogens with one attached hydrogen (secondary N) is 3. The van der Waals surface area contributed by atoms with Crippen LogP contribution in [0.15, 0.2) is 52.1 Å². The molecule has 0 saturated carbocycles. The number of anilines is 1. The standard InChI is InChI=1S/C20H19N5O5/c26-18(13-7-8-21-10-13)22-15-9-12(5-6-17(15)25(29)30)11-24-16-4-2-1-3-14(16)19(27)23-20(24)28/h1-6,9,13,21H,7-8,10-11H2,(H,22,26)(H,23,27,28)/t13-/m0/s1. The van der Waals surface area contributed by atoms with E-state index in [2.05, 4.69) is 15.6 Å². The molecule has 4 rings (SSSR count). The highest BCUT2D eigenvalue weighted by atomic mass is 16.6. The van der Waals surface area contributed by atoms with Gasteiger partial charge in [0.05, 0.1) is 28.3 Å². The zero-order valence-corrected chi connectivity index (χ0v) is 15.9. The number of carbonyl (C=O) groups is 1. The van der Waals surface area contributed by atoms with E-state index in [4.69, 9.17) is 0 Å². The van der Waals surface area contributed by atoms with Crippen LogP contribution in [0.25, 0.3) is 10.9 Å². The molecular formula is C20H19N5O5. The molecule has 0 radical (unpaired) electrons. The maximum atomic E-state index is 12.5. The Morgan fingerprint density at radius 1 is 1.23 bits per heavy atom. The molecule has 0 unspecified atom stereocenters. The molecule has 1 saturated heterocycles. The van der Waals surface area contributed by atoms with Crippen molar-refractivity contribution in [2.45, 2.75) is 13.0 Å². The average Bonchev–Trinajstić information content (AvgIpc) is 3.26. The minimum absolute atomic E-state index is 0.0714. The van der Waals surface area contributed by atoms with Crippen molar-refractivity contribution in [1.29, 1.82) is 0 Å².